The monoisotopic (exact) mass is 276 g/mol. The molecule has 1 heterocycles. The van der Waals surface area contributed by atoms with Gasteiger partial charge in [0.25, 0.3) is 0 Å². The smallest absolute Gasteiger partial charge is 0.242 e. The Morgan fingerprint density at radius 1 is 1.40 bits per heavy atom. The fourth-order valence-electron chi connectivity index (χ4n) is 2.34. The van der Waals surface area contributed by atoms with Gasteiger partial charge in [-0.3, -0.25) is 9.59 Å². The maximum atomic E-state index is 12.2. The Balaban J connectivity index is 1.83. The van der Waals surface area contributed by atoms with Gasteiger partial charge in [-0.25, -0.2) is 0 Å². The molecule has 2 amide bonds. The minimum atomic E-state index is -0.340. The molecule has 1 aromatic rings. The van der Waals surface area contributed by atoms with Crippen LogP contribution in [0.15, 0.2) is 30.3 Å². The lowest BCUT2D eigenvalue weighted by Gasteiger charge is -2.34. The number of rotatable bonds is 5. The van der Waals surface area contributed by atoms with Crippen molar-refractivity contribution >= 4 is 11.8 Å². The maximum Gasteiger partial charge on any atom is 0.242 e. The minimum absolute atomic E-state index is 0.0253. The number of hydrogen-bond donors (Lipinski definition) is 1. The molecule has 1 N–H and O–H groups in total. The lowest BCUT2D eigenvalue weighted by molar-refractivity contribution is -0.143. The SMILES string of the molecule is CCC1C(=O)NCCN1C(=O)CCOc1ccccc1. The van der Waals surface area contributed by atoms with E-state index in [1.165, 1.54) is 0 Å². The van der Waals surface area contributed by atoms with Crippen molar-refractivity contribution in [1.82, 2.24) is 10.2 Å². The highest BCUT2D eigenvalue weighted by atomic mass is 16.5. The van der Waals surface area contributed by atoms with E-state index in [1.54, 1.807) is 4.90 Å². The normalized spacial score (nSPS) is 18.6. The van der Waals surface area contributed by atoms with E-state index in [-0.39, 0.29) is 17.9 Å². The molecule has 1 unspecified atom stereocenters. The summed E-state index contributed by atoms with van der Waals surface area (Å²) >= 11 is 0. The first-order chi connectivity index (χ1) is 9.72. The average Bonchev–Trinajstić information content (AvgIpc) is 2.48. The number of nitrogens with one attached hydrogen (secondary N) is 1. The summed E-state index contributed by atoms with van der Waals surface area (Å²) in [6.07, 6.45) is 0.926. The molecule has 5 nitrogen and oxygen atoms in total. The van der Waals surface area contributed by atoms with Gasteiger partial charge in [0.1, 0.15) is 11.8 Å². The molecule has 1 atom stereocenters. The van der Waals surface area contributed by atoms with Gasteiger partial charge in [0, 0.05) is 13.1 Å². The van der Waals surface area contributed by atoms with Crippen molar-refractivity contribution in [3.8, 4) is 5.75 Å². The van der Waals surface area contributed by atoms with Gasteiger partial charge in [0.15, 0.2) is 0 Å². The summed E-state index contributed by atoms with van der Waals surface area (Å²) in [5, 5.41) is 2.79. The molecule has 1 aliphatic rings. The highest BCUT2D eigenvalue weighted by Crippen LogP contribution is 2.12. The van der Waals surface area contributed by atoms with Gasteiger partial charge in [0.05, 0.1) is 13.0 Å². The summed E-state index contributed by atoms with van der Waals surface area (Å²) in [5.74, 6) is 0.669. The number of carbonyl (C=O) groups excluding carboxylic acids is 2. The molecule has 2 rings (SSSR count). The molecule has 5 heteroatoms. The molecule has 1 aliphatic heterocycles. The average molecular weight is 276 g/mol. The predicted octanol–water partition coefficient (Wildman–Crippen LogP) is 1.19. The summed E-state index contributed by atoms with van der Waals surface area (Å²) in [6, 6.07) is 9.06. The van der Waals surface area contributed by atoms with E-state index >= 15 is 0 Å². The van der Waals surface area contributed by atoms with Crippen molar-refractivity contribution in [1.29, 1.82) is 0 Å². The standard InChI is InChI=1S/C15H20N2O3/c1-2-13-15(19)16-9-10-17(13)14(18)8-11-20-12-6-4-3-5-7-12/h3-7,13H,2,8-11H2,1H3,(H,16,19). The zero-order chi connectivity index (χ0) is 14.4. The second kappa shape index (κ2) is 6.93. The van der Waals surface area contributed by atoms with E-state index in [9.17, 15) is 9.59 Å². The van der Waals surface area contributed by atoms with E-state index in [1.807, 2.05) is 37.3 Å². The van der Waals surface area contributed by atoms with E-state index < -0.39 is 0 Å². The zero-order valence-electron chi connectivity index (χ0n) is 11.7. The molecule has 0 spiro atoms. The van der Waals surface area contributed by atoms with Crippen LogP contribution in [-0.2, 0) is 9.59 Å². The molecule has 0 bridgehead atoms. The van der Waals surface area contributed by atoms with Crippen molar-refractivity contribution < 1.29 is 14.3 Å². The Hall–Kier alpha value is -2.04. The van der Waals surface area contributed by atoms with E-state index in [2.05, 4.69) is 5.32 Å². The number of nitrogens with zero attached hydrogens (tertiary/aromatic N) is 1. The molecule has 0 radical (unpaired) electrons. The lowest BCUT2D eigenvalue weighted by atomic mass is 10.1. The van der Waals surface area contributed by atoms with Gasteiger partial charge < -0.3 is 15.0 Å². The summed E-state index contributed by atoms with van der Waals surface area (Å²) < 4.78 is 5.52. The first-order valence-corrected chi connectivity index (χ1v) is 6.97. The van der Waals surface area contributed by atoms with Crippen molar-refractivity contribution in [2.24, 2.45) is 0 Å². The molecule has 0 aliphatic carbocycles. The Labute approximate surface area is 118 Å². The molecular weight excluding hydrogens is 256 g/mol. The third-order valence-corrected chi connectivity index (χ3v) is 3.37. The summed E-state index contributed by atoms with van der Waals surface area (Å²) in [5.41, 5.74) is 0. The fraction of sp³-hybridized carbons (Fsp3) is 0.467. The third kappa shape index (κ3) is 3.50. The second-order valence-corrected chi connectivity index (χ2v) is 4.71. The Bertz CT molecular complexity index is 461. The van der Waals surface area contributed by atoms with Crippen LogP contribution in [0.4, 0.5) is 0 Å². The number of hydrogen-bond acceptors (Lipinski definition) is 3. The highest BCUT2D eigenvalue weighted by molar-refractivity contribution is 5.88. The number of piperazine rings is 1. The Morgan fingerprint density at radius 3 is 2.85 bits per heavy atom. The van der Waals surface area contributed by atoms with Gasteiger partial charge in [0.2, 0.25) is 11.8 Å². The molecule has 1 fully saturated rings. The van der Waals surface area contributed by atoms with E-state index in [0.717, 1.165) is 5.75 Å². The number of para-hydroxylation sites is 1. The van der Waals surface area contributed by atoms with Crippen LogP contribution in [0.1, 0.15) is 19.8 Å². The molecule has 108 valence electrons. The zero-order valence-corrected chi connectivity index (χ0v) is 11.7. The molecular formula is C15H20N2O3. The van der Waals surface area contributed by atoms with Crippen molar-refractivity contribution in [2.45, 2.75) is 25.8 Å². The molecule has 20 heavy (non-hydrogen) atoms. The summed E-state index contributed by atoms with van der Waals surface area (Å²) in [6.45, 7) is 3.35. The predicted molar refractivity (Wildman–Crippen MR) is 75.4 cm³/mol. The quantitative estimate of drug-likeness (QED) is 0.879. The van der Waals surface area contributed by atoms with Crippen LogP contribution in [0, 0.1) is 0 Å². The minimum Gasteiger partial charge on any atom is -0.493 e. The number of carbonyl (C=O) groups is 2. The van der Waals surface area contributed by atoms with Gasteiger partial charge in [-0.2, -0.15) is 0 Å². The lowest BCUT2D eigenvalue weighted by Crippen LogP contribution is -2.57. The molecule has 1 saturated heterocycles. The van der Waals surface area contributed by atoms with Crippen LogP contribution >= 0.6 is 0 Å². The second-order valence-electron chi connectivity index (χ2n) is 4.71. The Morgan fingerprint density at radius 2 is 2.15 bits per heavy atom. The van der Waals surface area contributed by atoms with Gasteiger partial charge in [-0.15, -0.1) is 0 Å². The third-order valence-electron chi connectivity index (χ3n) is 3.37. The van der Waals surface area contributed by atoms with Crippen LogP contribution in [0.5, 0.6) is 5.75 Å². The number of amides is 2. The summed E-state index contributed by atoms with van der Waals surface area (Å²) in [4.78, 5) is 25.5. The summed E-state index contributed by atoms with van der Waals surface area (Å²) in [7, 11) is 0. The first kappa shape index (κ1) is 14.4. The van der Waals surface area contributed by atoms with Gasteiger partial charge in [-0.1, -0.05) is 25.1 Å². The van der Waals surface area contributed by atoms with Crippen molar-refractivity contribution in [3.05, 3.63) is 30.3 Å². The maximum absolute atomic E-state index is 12.2. The number of benzene rings is 1. The first-order valence-electron chi connectivity index (χ1n) is 6.97. The Kier molecular flexibility index (Phi) is 4.98. The number of ether oxygens (including phenoxy) is 1. The van der Waals surface area contributed by atoms with Crippen molar-refractivity contribution in [2.75, 3.05) is 19.7 Å². The molecule has 0 aromatic heterocycles. The van der Waals surface area contributed by atoms with E-state index in [0.29, 0.717) is 32.5 Å². The molecule has 1 aromatic carbocycles. The van der Waals surface area contributed by atoms with Gasteiger partial charge >= 0.3 is 0 Å². The van der Waals surface area contributed by atoms with Crippen molar-refractivity contribution in [3.63, 3.8) is 0 Å². The van der Waals surface area contributed by atoms with Crippen LogP contribution < -0.4 is 10.1 Å². The highest BCUT2D eigenvalue weighted by Gasteiger charge is 2.31. The fourth-order valence-corrected chi connectivity index (χ4v) is 2.34. The van der Waals surface area contributed by atoms with Crippen LogP contribution in [0.2, 0.25) is 0 Å². The van der Waals surface area contributed by atoms with Crippen LogP contribution in [0.25, 0.3) is 0 Å². The topological polar surface area (TPSA) is 58.6 Å². The molecule has 0 saturated carbocycles. The van der Waals surface area contributed by atoms with Crippen LogP contribution in [0.3, 0.4) is 0 Å². The van der Waals surface area contributed by atoms with E-state index in [4.69, 9.17) is 4.74 Å². The van der Waals surface area contributed by atoms with Crippen LogP contribution in [-0.4, -0.2) is 42.5 Å². The van der Waals surface area contributed by atoms with Gasteiger partial charge in [-0.05, 0) is 18.6 Å². The largest absolute Gasteiger partial charge is 0.493 e.